The van der Waals surface area contributed by atoms with Crippen LogP contribution in [0.15, 0.2) is 22.7 Å². The molecule has 18 heavy (non-hydrogen) atoms. The SMILES string of the molecule is COCCN(C(=O)c1ccc(Br)c(N)c1)C1CC1. The van der Waals surface area contributed by atoms with E-state index < -0.39 is 0 Å². The van der Waals surface area contributed by atoms with E-state index in [2.05, 4.69) is 15.9 Å². The number of ether oxygens (including phenoxy) is 1. The molecule has 4 nitrogen and oxygen atoms in total. The molecule has 1 aliphatic rings. The fourth-order valence-corrected chi connectivity index (χ4v) is 2.12. The summed E-state index contributed by atoms with van der Waals surface area (Å²) in [6, 6.07) is 5.70. The van der Waals surface area contributed by atoms with Crippen LogP contribution in [0.4, 0.5) is 5.69 Å². The molecule has 5 heteroatoms. The average molecular weight is 313 g/mol. The molecule has 0 heterocycles. The zero-order valence-corrected chi connectivity index (χ0v) is 11.9. The van der Waals surface area contributed by atoms with Crippen LogP contribution in [0, 0.1) is 0 Å². The molecule has 1 saturated carbocycles. The number of anilines is 1. The van der Waals surface area contributed by atoms with Crippen LogP contribution in [0.25, 0.3) is 0 Å². The van der Waals surface area contributed by atoms with Crippen molar-refractivity contribution in [2.45, 2.75) is 18.9 Å². The lowest BCUT2D eigenvalue weighted by Crippen LogP contribution is -2.35. The molecular formula is C13H17BrN2O2. The molecule has 0 spiro atoms. The lowest BCUT2D eigenvalue weighted by Gasteiger charge is -2.22. The quantitative estimate of drug-likeness (QED) is 0.849. The second kappa shape index (κ2) is 5.71. The number of hydrogen-bond acceptors (Lipinski definition) is 3. The Labute approximate surface area is 115 Å². The van der Waals surface area contributed by atoms with Crippen LogP contribution in [0.5, 0.6) is 0 Å². The maximum Gasteiger partial charge on any atom is 0.254 e. The minimum absolute atomic E-state index is 0.0359. The summed E-state index contributed by atoms with van der Waals surface area (Å²) in [5.74, 6) is 0.0359. The van der Waals surface area contributed by atoms with Crippen LogP contribution < -0.4 is 5.73 Å². The number of halogens is 1. The second-order valence-electron chi connectivity index (χ2n) is 4.46. The molecule has 1 aromatic carbocycles. The lowest BCUT2D eigenvalue weighted by molar-refractivity contribution is 0.0680. The standard InChI is InChI=1S/C13H17BrN2O2/c1-18-7-6-16(10-3-4-10)13(17)9-2-5-11(14)12(15)8-9/h2,5,8,10H,3-4,6-7,15H2,1H3. The van der Waals surface area contributed by atoms with Gasteiger partial charge in [0.2, 0.25) is 0 Å². The third-order valence-corrected chi connectivity index (χ3v) is 3.75. The summed E-state index contributed by atoms with van der Waals surface area (Å²) < 4.78 is 5.87. The smallest absolute Gasteiger partial charge is 0.254 e. The van der Waals surface area contributed by atoms with Crippen molar-refractivity contribution in [3.8, 4) is 0 Å². The molecule has 0 bridgehead atoms. The predicted octanol–water partition coefficient (Wildman–Crippen LogP) is 2.28. The highest BCUT2D eigenvalue weighted by atomic mass is 79.9. The van der Waals surface area contributed by atoms with Crippen molar-refractivity contribution in [1.82, 2.24) is 4.90 Å². The molecule has 1 aliphatic carbocycles. The Balaban J connectivity index is 2.13. The first-order valence-electron chi connectivity index (χ1n) is 5.98. The van der Waals surface area contributed by atoms with Crippen molar-refractivity contribution < 1.29 is 9.53 Å². The molecule has 1 amide bonds. The summed E-state index contributed by atoms with van der Waals surface area (Å²) in [7, 11) is 1.65. The third-order valence-electron chi connectivity index (χ3n) is 3.03. The largest absolute Gasteiger partial charge is 0.398 e. The van der Waals surface area contributed by atoms with Gasteiger partial charge in [0.25, 0.3) is 5.91 Å². The summed E-state index contributed by atoms with van der Waals surface area (Å²) in [5.41, 5.74) is 7.03. The third kappa shape index (κ3) is 3.03. The highest BCUT2D eigenvalue weighted by molar-refractivity contribution is 9.10. The van der Waals surface area contributed by atoms with Crippen molar-refractivity contribution in [2.24, 2.45) is 0 Å². The number of carbonyl (C=O) groups is 1. The summed E-state index contributed by atoms with van der Waals surface area (Å²) in [4.78, 5) is 14.3. The zero-order chi connectivity index (χ0) is 13.1. The second-order valence-corrected chi connectivity index (χ2v) is 5.31. The molecule has 0 atom stereocenters. The first-order chi connectivity index (χ1) is 8.63. The summed E-state index contributed by atoms with van der Waals surface area (Å²) in [6.07, 6.45) is 2.17. The van der Waals surface area contributed by atoms with E-state index in [4.69, 9.17) is 10.5 Å². The Morgan fingerprint density at radius 2 is 2.28 bits per heavy atom. The van der Waals surface area contributed by atoms with Gasteiger partial charge in [-0.2, -0.15) is 0 Å². The Kier molecular flexibility index (Phi) is 4.24. The van der Waals surface area contributed by atoms with Gasteiger partial charge in [0, 0.05) is 35.4 Å². The monoisotopic (exact) mass is 312 g/mol. The topological polar surface area (TPSA) is 55.6 Å². The van der Waals surface area contributed by atoms with Crippen LogP contribution in [0.2, 0.25) is 0 Å². The number of amides is 1. The van der Waals surface area contributed by atoms with Crippen molar-refractivity contribution in [3.05, 3.63) is 28.2 Å². The van der Waals surface area contributed by atoms with Gasteiger partial charge in [-0.1, -0.05) is 0 Å². The first-order valence-corrected chi connectivity index (χ1v) is 6.77. The molecular weight excluding hydrogens is 296 g/mol. The Bertz CT molecular complexity index is 447. The van der Waals surface area contributed by atoms with Crippen molar-refractivity contribution in [2.75, 3.05) is 26.0 Å². The van der Waals surface area contributed by atoms with E-state index in [0.717, 1.165) is 17.3 Å². The van der Waals surface area contributed by atoms with Crippen LogP contribution in [0.1, 0.15) is 23.2 Å². The van der Waals surface area contributed by atoms with E-state index in [-0.39, 0.29) is 5.91 Å². The number of hydrogen-bond donors (Lipinski definition) is 1. The number of methoxy groups -OCH3 is 1. The number of benzene rings is 1. The summed E-state index contributed by atoms with van der Waals surface area (Å²) >= 11 is 3.33. The van der Waals surface area contributed by atoms with Crippen LogP contribution >= 0.6 is 15.9 Å². The van der Waals surface area contributed by atoms with E-state index >= 15 is 0 Å². The molecule has 2 rings (SSSR count). The maximum atomic E-state index is 12.4. The molecule has 1 aromatic rings. The molecule has 98 valence electrons. The van der Waals surface area contributed by atoms with Crippen molar-refractivity contribution in [3.63, 3.8) is 0 Å². The molecule has 0 aromatic heterocycles. The Morgan fingerprint density at radius 3 is 2.83 bits per heavy atom. The normalized spacial score (nSPS) is 14.6. The number of nitrogens with zero attached hydrogens (tertiary/aromatic N) is 1. The van der Waals surface area contributed by atoms with E-state index in [9.17, 15) is 4.79 Å². The van der Waals surface area contributed by atoms with Crippen LogP contribution in [0.3, 0.4) is 0 Å². The van der Waals surface area contributed by atoms with Gasteiger partial charge in [0.1, 0.15) is 0 Å². The molecule has 0 radical (unpaired) electrons. The molecule has 2 N–H and O–H groups in total. The number of nitrogen functional groups attached to an aromatic ring is 1. The van der Waals surface area contributed by atoms with Crippen LogP contribution in [-0.4, -0.2) is 37.1 Å². The first kappa shape index (κ1) is 13.4. The van der Waals surface area contributed by atoms with Gasteiger partial charge in [-0.3, -0.25) is 4.79 Å². The highest BCUT2D eigenvalue weighted by Gasteiger charge is 2.32. The average Bonchev–Trinajstić information content (AvgIpc) is 3.17. The molecule has 0 aliphatic heterocycles. The number of nitrogens with two attached hydrogens (primary N) is 1. The predicted molar refractivity (Wildman–Crippen MR) is 74.5 cm³/mol. The van der Waals surface area contributed by atoms with Crippen molar-refractivity contribution in [1.29, 1.82) is 0 Å². The van der Waals surface area contributed by atoms with Gasteiger partial charge in [-0.05, 0) is 47.0 Å². The van der Waals surface area contributed by atoms with Crippen molar-refractivity contribution >= 4 is 27.5 Å². The Morgan fingerprint density at radius 1 is 1.56 bits per heavy atom. The van der Waals surface area contributed by atoms with E-state index in [1.54, 1.807) is 19.2 Å². The van der Waals surface area contributed by atoms with Gasteiger partial charge in [0.15, 0.2) is 0 Å². The van der Waals surface area contributed by atoms with E-state index in [1.807, 2.05) is 11.0 Å². The van der Waals surface area contributed by atoms with E-state index in [0.29, 0.717) is 30.4 Å². The summed E-state index contributed by atoms with van der Waals surface area (Å²) in [5, 5.41) is 0. The highest BCUT2D eigenvalue weighted by Crippen LogP contribution is 2.29. The number of carbonyl (C=O) groups excluding carboxylic acids is 1. The fraction of sp³-hybridized carbons (Fsp3) is 0.462. The number of rotatable bonds is 5. The van der Waals surface area contributed by atoms with E-state index in [1.165, 1.54) is 0 Å². The Hall–Kier alpha value is -1.07. The van der Waals surface area contributed by atoms with Gasteiger partial charge in [0.05, 0.1) is 6.61 Å². The molecule has 1 fully saturated rings. The van der Waals surface area contributed by atoms with Gasteiger partial charge >= 0.3 is 0 Å². The minimum Gasteiger partial charge on any atom is -0.398 e. The minimum atomic E-state index is 0.0359. The zero-order valence-electron chi connectivity index (χ0n) is 10.4. The summed E-state index contributed by atoms with van der Waals surface area (Å²) in [6.45, 7) is 1.20. The molecule has 0 unspecified atom stereocenters. The van der Waals surface area contributed by atoms with Crippen LogP contribution in [-0.2, 0) is 4.74 Å². The van der Waals surface area contributed by atoms with Gasteiger partial charge < -0.3 is 15.4 Å². The lowest BCUT2D eigenvalue weighted by atomic mass is 10.1. The van der Waals surface area contributed by atoms with Gasteiger partial charge in [-0.15, -0.1) is 0 Å². The maximum absolute atomic E-state index is 12.4. The molecule has 0 saturated heterocycles. The fourth-order valence-electron chi connectivity index (χ4n) is 1.87. The van der Waals surface area contributed by atoms with Gasteiger partial charge in [-0.25, -0.2) is 0 Å².